The molecule has 0 spiro atoms. The van der Waals surface area contributed by atoms with E-state index in [1.807, 2.05) is 5.32 Å². The summed E-state index contributed by atoms with van der Waals surface area (Å²) in [6.45, 7) is -2.07. The predicted molar refractivity (Wildman–Crippen MR) is 308 cm³/mol. The summed E-state index contributed by atoms with van der Waals surface area (Å²) in [5.41, 5.74) is 29.3. The Bertz CT molecular complexity index is 2730. The standard InChI is InChI=1S/C52H74N16O15S2/c53-17-5-4-9-32(46(77)60-25-44(75)67-43(74)24-59-42(73)23-58-41(72)22-54)62-51(82)38-10-6-18-68(38)52(83)37-27-85-84-26-31(55)45(76)63-34(20-29-11-13-30(69)14-12-29)49(80)64-35(19-28-7-2-1-3-8-28)48(79)61-33(15-16-39(56)70)47(78)65-36(21-40(57)71)50(81)66-37/h1-3,7-8,11-14,31-38,69H,4-6,9-10,15-27,53-55H2,(H2,56,70)(H2,57,71)(H,58,72)(H,59,73)(H,60,77)(H,61,79)(H,62,82)(H,63,76)(H,64,80)(H,65,78)(H,66,81)(H,67,74,75)/t31-,32-,33-,34?,35-,36?,37?,38-/m0/s1. The number of phenolic OH excluding ortho intramolecular Hbond substituents is 1. The van der Waals surface area contributed by atoms with E-state index < -0.39 is 170 Å². The molecule has 464 valence electrons. The van der Waals surface area contributed by atoms with Gasteiger partial charge in [0.15, 0.2) is 0 Å². The quantitative estimate of drug-likeness (QED) is 0.0343. The van der Waals surface area contributed by atoms with Gasteiger partial charge in [-0.05, 0) is 68.3 Å². The van der Waals surface area contributed by atoms with Gasteiger partial charge in [-0.1, -0.05) is 64.1 Å². The minimum atomic E-state index is -1.83. The highest BCUT2D eigenvalue weighted by Crippen LogP contribution is 2.26. The van der Waals surface area contributed by atoms with E-state index in [1.54, 1.807) is 30.3 Å². The number of likely N-dealkylation sites (tertiary alicyclic amines) is 1. The zero-order valence-corrected chi connectivity index (χ0v) is 48.0. The monoisotopic (exact) mass is 1230 g/mol. The molecule has 2 heterocycles. The van der Waals surface area contributed by atoms with Crippen molar-refractivity contribution in [2.75, 3.05) is 50.8 Å². The normalized spacial score (nSPS) is 21.2. The van der Waals surface area contributed by atoms with Crippen LogP contribution >= 0.6 is 21.6 Å². The molecule has 2 saturated heterocycles. The summed E-state index contributed by atoms with van der Waals surface area (Å²) in [6, 6.07) is 2.40. The molecule has 8 atom stereocenters. The van der Waals surface area contributed by atoms with E-state index in [0.717, 1.165) is 26.5 Å². The summed E-state index contributed by atoms with van der Waals surface area (Å²) < 4.78 is 0. The second-order valence-electron chi connectivity index (χ2n) is 19.7. The van der Waals surface area contributed by atoms with E-state index in [0.29, 0.717) is 24.0 Å². The third-order valence-electron chi connectivity index (χ3n) is 13.0. The van der Waals surface area contributed by atoms with Crippen LogP contribution in [0.25, 0.3) is 0 Å². The number of carbonyl (C=O) groups excluding carboxylic acids is 14. The molecule has 14 amide bonds. The third kappa shape index (κ3) is 24.4. The van der Waals surface area contributed by atoms with Crippen molar-refractivity contribution in [3.05, 3.63) is 65.7 Å². The number of primary amides is 2. The largest absolute Gasteiger partial charge is 0.508 e. The maximum absolute atomic E-state index is 14.7. The van der Waals surface area contributed by atoms with Crippen LogP contribution in [0.3, 0.4) is 0 Å². The van der Waals surface area contributed by atoms with Crippen LogP contribution in [0.4, 0.5) is 0 Å². The Morgan fingerprint density at radius 2 is 1.19 bits per heavy atom. The molecule has 0 radical (unpaired) electrons. The molecule has 0 aromatic heterocycles. The van der Waals surface area contributed by atoms with Crippen LogP contribution in [0.5, 0.6) is 5.75 Å². The highest BCUT2D eigenvalue weighted by atomic mass is 33.1. The fourth-order valence-corrected chi connectivity index (χ4v) is 10.8. The van der Waals surface area contributed by atoms with Crippen molar-refractivity contribution in [2.45, 2.75) is 113 Å². The molecule has 2 aliphatic rings. The van der Waals surface area contributed by atoms with Gasteiger partial charge in [-0.15, -0.1) is 0 Å². The number of aromatic hydroxyl groups is 1. The average Bonchev–Trinajstić information content (AvgIpc) is 3.69. The number of phenols is 1. The summed E-state index contributed by atoms with van der Waals surface area (Å²) in [7, 11) is 1.95. The van der Waals surface area contributed by atoms with Crippen LogP contribution in [0.1, 0.15) is 62.5 Å². The highest BCUT2D eigenvalue weighted by molar-refractivity contribution is 8.76. The second-order valence-corrected chi connectivity index (χ2v) is 22.3. The molecule has 0 saturated carbocycles. The van der Waals surface area contributed by atoms with E-state index >= 15 is 0 Å². The van der Waals surface area contributed by atoms with Crippen molar-refractivity contribution in [3.8, 4) is 5.75 Å². The van der Waals surface area contributed by atoms with Gasteiger partial charge in [-0.3, -0.25) is 72.4 Å². The van der Waals surface area contributed by atoms with E-state index in [4.69, 9.17) is 28.7 Å². The Balaban J connectivity index is 1.62. The molecular weight excluding hydrogens is 1150 g/mol. The lowest BCUT2D eigenvalue weighted by Crippen LogP contribution is -2.61. The molecule has 2 aliphatic heterocycles. The smallest absolute Gasteiger partial charge is 0.246 e. The minimum absolute atomic E-state index is 0.00992. The number of nitrogens with one attached hydrogen (secondary N) is 10. The van der Waals surface area contributed by atoms with Crippen molar-refractivity contribution in [2.24, 2.45) is 28.7 Å². The fourth-order valence-electron chi connectivity index (χ4n) is 8.52. The maximum Gasteiger partial charge on any atom is 0.246 e. The molecule has 31 nitrogen and oxygen atoms in total. The summed E-state index contributed by atoms with van der Waals surface area (Å²) in [5.74, 6) is -13.2. The number of amides is 14. The Labute approximate surface area is 496 Å². The molecule has 4 rings (SSSR count). The number of benzene rings is 2. The van der Waals surface area contributed by atoms with E-state index in [9.17, 15) is 72.2 Å². The van der Waals surface area contributed by atoms with Gasteiger partial charge in [0.1, 0.15) is 48.0 Å². The Morgan fingerprint density at radius 1 is 0.635 bits per heavy atom. The average molecular weight is 1230 g/mol. The van der Waals surface area contributed by atoms with Crippen molar-refractivity contribution >= 4 is 104 Å². The molecule has 33 heteroatoms. The zero-order valence-electron chi connectivity index (χ0n) is 46.4. The lowest BCUT2D eigenvalue weighted by atomic mass is 10.0. The van der Waals surface area contributed by atoms with E-state index in [-0.39, 0.29) is 69.0 Å². The molecule has 0 aliphatic carbocycles. The van der Waals surface area contributed by atoms with Crippen molar-refractivity contribution in [1.82, 2.24) is 58.1 Å². The number of rotatable bonds is 24. The molecule has 3 unspecified atom stereocenters. The number of imide groups is 1. The lowest BCUT2D eigenvalue weighted by Gasteiger charge is -2.31. The fraction of sp³-hybridized carbons (Fsp3) is 0.500. The molecule has 2 aromatic carbocycles. The lowest BCUT2D eigenvalue weighted by molar-refractivity contribution is -0.142. The molecule has 2 aromatic rings. The zero-order chi connectivity index (χ0) is 62.6. The van der Waals surface area contributed by atoms with Crippen LogP contribution in [0.15, 0.2) is 54.6 Å². The molecule has 2 fully saturated rings. The Kier molecular flexibility index (Phi) is 29.0. The van der Waals surface area contributed by atoms with E-state index in [2.05, 4.69) is 47.9 Å². The summed E-state index contributed by atoms with van der Waals surface area (Å²) in [6.07, 6.45) is -1.04. The van der Waals surface area contributed by atoms with Gasteiger partial charge < -0.3 is 86.5 Å². The van der Waals surface area contributed by atoms with Crippen molar-refractivity contribution < 1.29 is 72.2 Å². The Morgan fingerprint density at radius 3 is 1.81 bits per heavy atom. The summed E-state index contributed by atoms with van der Waals surface area (Å²) >= 11 is 0. The first-order valence-electron chi connectivity index (χ1n) is 27.0. The second kappa shape index (κ2) is 35.7. The first-order valence-corrected chi connectivity index (χ1v) is 29.5. The molecular formula is C52H74N16O15S2. The maximum atomic E-state index is 14.7. The number of hydrogen-bond donors (Lipinski definition) is 16. The van der Waals surface area contributed by atoms with Gasteiger partial charge in [-0.25, -0.2) is 0 Å². The number of carbonyl (C=O) groups is 14. The van der Waals surface area contributed by atoms with Gasteiger partial charge in [0.05, 0.1) is 38.6 Å². The molecule has 21 N–H and O–H groups in total. The predicted octanol–water partition coefficient (Wildman–Crippen LogP) is -6.98. The van der Waals surface area contributed by atoms with Crippen molar-refractivity contribution in [1.29, 1.82) is 0 Å². The van der Waals surface area contributed by atoms with Gasteiger partial charge in [0, 0.05) is 37.3 Å². The summed E-state index contributed by atoms with van der Waals surface area (Å²) in [5, 5.41) is 34.0. The topological polar surface area (TPSA) is 513 Å². The number of nitrogens with two attached hydrogens (primary N) is 5. The van der Waals surface area contributed by atoms with Crippen LogP contribution in [0, 0.1) is 0 Å². The third-order valence-corrected chi connectivity index (χ3v) is 15.4. The minimum Gasteiger partial charge on any atom is -0.508 e. The molecule has 0 bridgehead atoms. The number of unbranched alkanes of at least 4 members (excludes halogenated alkanes) is 1. The SMILES string of the molecule is NCCCC[C@H](NC(=O)[C@@H]1CCCN1C(=O)C1CSSC[C@H](N)C(=O)NC(Cc2ccc(O)cc2)C(=O)N[C@@H](Cc2ccccc2)C(=O)N[C@@H](CCC(N)=O)C(=O)NC(CC(N)=O)C(=O)N1)C(=O)NCC(=O)NC(=O)CNC(=O)CNC(=O)CN. The van der Waals surface area contributed by atoms with Crippen molar-refractivity contribution in [3.63, 3.8) is 0 Å². The number of nitrogens with zero attached hydrogens (tertiary/aromatic N) is 1. The van der Waals surface area contributed by atoms with Crippen LogP contribution in [-0.4, -0.2) is 192 Å². The van der Waals surface area contributed by atoms with Crippen LogP contribution < -0.4 is 81.8 Å². The van der Waals surface area contributed by atoms with Gasteiger partial charge in [0.2, 0.25) is 82.7 Å². The van der Waals surface area contributed by atoms with E-state index in [1.165, 1.54) is 24.3 Å². The van der Waals surface area contributed by atoms with Gasteiger partial charge in [-0.2, -0.15) is 0 Å². The van der Waals surface area contributed by atoms with Gasteiger partial charge >= 0.3 is 0 Å². The van der Waals surface area contributed by atoms with Crippen LogP contribution in [-0.2, 0) is 80.0 Å². The summed E-state index contributed by atoms with van der Waals surface area (Å²) in [4.78, 5) is 187. The highest BCUT2D eigenvalue weighted by Gasteiger charge is 2.41. The van der Waals surface area contributed by atoms with Gasteiger partial charge in [0.25, 0.3) is 0 Å². The Hall–Kier alpha value is -8.40. The van der Waals surface area contributed by atoms with Crippen LogP contribution in [0.2, 0.25) is 0 Å². The molecule has 85 heavy (non-hydrogen) atoms. The first kappa shape index (κ1) is 69.1. The number of hydrogen-bond acceptors (Lipinski definition) is 20. The first-order chi connectivity index (χ1) is 40.5.